The van der Waals surface area contributed by atoms with Crippen LogP contribution >= 0.6 is 23.4 Å². The average molecular weight is 433 g/mol. The lowest BCUT2D eigenvalue weighted by Gasteiger charge is -2.29. The number of benzene rings is 2. The van der Waals surface area contributed by atoms with Gasteiger partial charge in [-0.3, -0.25) is 9.59 Å². The highest BCUT2D eigenvalue weighted by Crippen LogP contribution is 2.21. The lowest BCUT2D eigenvalue weighted by atomic mass is 10.1. The molecule has 0 aliphatic heterocycles. The number of nitrogens with one attached hydrogen (secondary N) is 1. The largest absolute Gasteiger partial charge is 0.355 e. The number of carbonyl (C=O) groups is 2. The minimum absolute atomic E-state index is 0.0713. The van der Waals surface area contributed by atoms with Crippen molar-refractivity contribution in [3.63, 3.8) is 0 Å². The van der Waals surface area contributed by atoms with Crippen LogP contribution in [0.5, 0.6) is 0 Å². The second-order valence-corrected chi connectivity index (χ2v) is 8.57. The number of rotatable bonds is 9. The fraction of sp³-hybridized carbons (Fsp3) is 0.391. The molecule has 1 N–H and O–H groups in total. The smallest absolute Gasteiger partial charge is 0.242 e. The van der Waals surface area contributed by atoms with E-state index in [1.807, 2.05) is 25.1 Å². The van der Waals surface area contributed by atoms with Gasteiger partial charge in [0.25, 0.3) is 0 Å². The van der Waals surface area contributed by atoms with E-state index in [0.29, 0.717) is 23.9 Å². The van der Waals surface area contributed by atoms with Crippen LogP contribution in [0.25, 0.3) is 0 Å². The average Bonchev–Trinajstić information content (AvgIpc) is 2.66. The first kappa shape index (κ1) is 23.3. The number of amides is 2. The van der Waals surface area contributed by atoms with Gasteiger partial charge >= 0.3 is 0 Å². The van der Waals surface area contributed by atoms with Gasteiger partial charge in [-0.25, -0.2) is 0 Å². The highest BCUT2D eigenvalue weighted by molar-refractivity contribution is 7.99. The Hall–Kier alpha value is -1.98. The summed E-state index contributed by atoms with van der Waals surface area (Å²) in [6, 6.07) is 13.3. The van der Waals surface area contributed by atoms with Crippen molar-refractivity contribution >= 4 is 35.2 Å². The first-order valence-corrected chi connectivity index (χ1v) is 11.3. The van der Waals surface area contributed by atoms with E-state index < -0.39 is 6.04 Å². The van der Waals surface area contributed by atoms with Crippen molar-refractivity contribution in [2.75, 3.05) is 12.3 Å². The molecule has 2 rings (SSSR count). The van der Waals surface area contributed by atoms with Gasteiger partial charge in [-0.05, 0) is 44.9 Å². The third-order valence-corrected chi connectivity index (χ3v) is 5.95. The molecule has 0 saturated carbocycles. The number of halogens is 1. The highest BCUT2D eigenvalue weighted by Gasteiger charge is 2.26. The zero-order chi connectivity index (χ0) is 21.4. The molecule has 6 heteroatoms. The van der Waals surface area contributed by atoms with Crippen LogP contribution < -0.4 is 5.32 Å². The SMILES string of the molecule is CCNC(=O)C(C)N(Cc1ccccc1Cl)C(=O)CSCc1cc(C)cc(C)c1. The maximum Gasteiger partial charge on any atom is 0.242 e. The minimum atomic E-state index is -0.569. The topological polar surface area (TPSA) is 49.4 Å². The highest BCUT2D eigenvalue weighted by atomic mass is 35.5. The van der Waals surface area contributed by atoms with Crippen LogP contribution in [-0.2, 0) is 21.9 Å². The predicted molar refractivity (Wildman–Crippen MR) is 122 cm³/mol. The van der Waals surface area contributed by atoms with Crippen LogP contribution in [0, 0.1) is 13.8 Å². The number of likely N-dealkylation sites (N-methyl/N-ethyl adjacent to an activating group) is 1. The summed E-state index contributed by atoms with van der Waals surface area (Å²) in [5.74, 6) is 0.829. The zero-order valence-corrected chi connectivity index (χ0v) is 19.1. The van der Waals surface area contributed by atoms with Gasteiger partial charge in [0.2, 0.25) is 11.8 Å². The summed E-state index contributed by atoms with van der Waals surface area (Å²) in [5, 5.41) is 3.40. The fourth-order valence-electron chi connectivity index (χ4n) is 3.21. The molecule has 1 atom stereocenters. The van der Waals surface area contributed by atoms with Gasteiger partial charge in [-0.15, -0.1) is 11.8 Å². The van der Waals surface area contributed by atoms with Crippen LogP contribution in [0.2, 0.25) is 5.02 Å². The summed E-state index contributed by atoms with van der Waals surface area (Å²) in [5.41, 5.74) is 4.47. The van der Waals surface area contributed by atoms with Gasteiger partial charge in [0.05, 0.1) is 5.75 Å². The predicted octanol–water partition coefficient (Wildman–Crippen LogP) is 4.74. The summed E-state index contributed by atoms with van der Waals surface area (Å²) in [6.07, 6.45) is 0. The molecule has 156 valence electrons. The molecule has 0 aromatic heterocycles. The van der Waals surface area contributed by atoms with Gasteiger partial charge in [0, 0.05) is 23.9 Å². The van der Waals surface area contributed by atoms with E-state index in [1.165, 1.54) is 16.7 Å². The van der Waals surface area contributed by atoms with Crippen molar-refractivity contribution < 1.29 is 9.59 Å². The summed E-state index contributed by atoms with van der Waals surface area (Å²) in [6.45, 7) is 8.61. The molecule has 0 bridgehead atoms. The van der Waals surface area contributed by atoms with E-state index >= 15 is 0 Å². The minimum Gasteiger partial charge on any atom is -0.355 e. The molecular formula is C23H29ClN2O2S. The number of carbonyl (C=O) groups excluding carboxylic acids is 2. The number of hydrogen-bond acceptors (Lipinski definition) is 3. The molecule has 0 heterocycles. The monoisotopic (exact) mass is 432 g/mol. The number of thioether (sulfide) groups is 1. The summed E-state index contributed by atoms with van der Waals surface area (Å²) < 4.78 is 0. The van der Waals surface area contributed by atoms with Crippen molar-refractivity contribution in [2.24, 2.45) is 0 Å². The Kier molecular flexibility index (Phi) is 9.05. The standard InChI is InChI=1S/C23H29ClN2O2S/c1-5-25-23(28)18(4)26(13-20-8-6-7-9-21(20)24)22(27)15-29-14-19-11-16(2)10-17(3)12-19/h6-12,18H,5,13-15H2,1-4H3,(H,25,28). The lowest BCUT2D eigenvalue weighted by Crippen LogP contribution is -2.48. The van der Waals surface area contributed by atoms with Crippen LogP contribution in [-0.4, -0.2) is 35.1 Å². The Morgan fingerprint density at radius 3 is 2.41 bits per heavy atom. The number of nitrogens with zero attached hydrogens (tertiary/aromatic N) is 1. The van der Waals surface area contributed by atoms with E-state index in [0.717, 1.165) is 11.3 Å². The summed E-state index contributed by atoms with van der Waals surface area (Å²) in [4.78, 5) is 27.0. The molecule has 4 nitrogen and oxygen atoms in total. The van der Waals surface area contributed by atoms with Gasteiger partial charge in [-0.2, -0.15) is 0 Å². The molecule has 0 spiro atoms. The van der Waals surface area contributed by atoms with Crippen LogP contribution in [0.3, 0.4) is 0 Å². The van der Waals surface area contributed by atoms with E-state index in [1.54, 1.807) is 29.7 Å². The second kappa shape index (κ2) is 11.3. The third kappa shape index (κ3) is 7.09. The van der Waals surface area contributed by atoms with Crippen molar-refractivity contribution in [2.45, 2.75) is 46.0 Å². The third-order valence-electron chi connectivity index (χ3n) is 4.59. The Balaban J connectivity index is 2.08. The van der Waals surface area contributed by atoms with Gasteiger partial charge in [0.15, 0.2) is 0 Å². The van der Waals surface area contributed by atoms with Crippen LogP contribution in [0.4, 0.5) is 0 Å². The second-order valence-electron chi connectivity index (χ2n) is 7.17. The molecule has 2 aromatic rings. The van der Waals surface area contributed by atoms with Crippen molar-refractivity contribution in [3.8, 4) is 0 Å². The van der Waals surface area contributed by atoms with Crippen LogP contribution in [0.1, 0.15) is 36.1 Å². The molecule has 0 saturated heterocycles. The zero-order valence-electron chi connectivity index (χ0n) is 17.5. The lowest BCUT2D eigenvalue weighted by molar-refractivity contribution is -0.138. The molecule has 2 aromatic carbocycles. The van der Waals surface area contributed by atoms with E-state index in [2.05, 4.69) is 37.4 Å². The molecule has 1 unspecified atom stereocenters. The van der Waals surface area contributed by atoms with Gasteiger partial charge in [-0.1, -0.05) is 59.1 Å². The van der Waals surface area contributed by atoms with Gasteiger partial charge in [0.1, 0.15) is 6.04 Å². The van der Waals surface area contributed by atoms with Crippen LogP contribution in [0.15, 0.2) is 42.5 Å². The molecule has 2 amide bonds. The Labute approximate surface area is 183 Å². The molecule has 29 heavy (non-hydrogen) atoms. The number of hydrogen-bond donors (Lipinski definition) is 1. The Morgan fingerprint density at radius 1 is 1.14 bits per heavy atom. The quantitative estimate of drug-likeness (QED) is 0.622. The molecule has 0 aliphatic carbocycles. The van der Waals surface area contributed by atoms with E-state index in [9.17, 15) is 9.59 Å². The first-order chi connectivity index (χ1) is 13.8. The number of aryl methyl sites for hydroxylation is 2. The fourth-order valence-corrected chi connectivity index (χ4v) is 4.25. The first-order valence-electron chi connectivity index (χ1n) is 9.77. The maximum atomic E-state index is 13.0. The van der Waals surface area contributed by atoms with Crippen molar-refractivity contribution in [1.82, 2.24) is 10.2 Å². The summed E-state index contributed by atoms with van der Waals surface area (Å²) >= 11 is 7.85. The van der Waals surface area contributed by atoms with Gasteiger partial charge < -0.3 is 10.2 Å². The molecule has 0 fully saturated rings. The molecule has 0 aliphatic rings. The van der Waals surface area contributed by atoms with Crippen molar-refractivity contribution in [1.29, 1.82) is 0 Å². The molecular weight excluding hydrogens is 404 g/mol. The normalized spacial score (nSPS) is 11.8. The van der Waals surface area contributed by atoms with Crippen molar-refractivity contribution in [3.05, 3.63) is 69.7 Å². The Bertz CT molecular complexity index is 836. The summed E-state index contributed by atoms with van der Waals surface area (Å²) in [7, 11) is 0. The van der Waals surface area contributed by atoms with E-state index in [-0.39, 0.29) is 11.8 Å². The molecule has 0 radical (unpaired) electrons. The maximum absolute atomic E-state index is 13.0. The Morgan fingerprint density at radius 2 is 1.79 bits per heavy atom. The van der Waals surface area contributed by atoms with E-state index in [4.69, 9.17) is 11.6 Å².